The van der Waals surface area contributed by atoms with Crippen LogP contribution in [0, 0.1) is 36.5 Å². The van der Waals surface area contributed by atoms with E-state index < -0.39 is 6.10 Å². The minimum absolute atomic E-state index is 0.138. The number of aromatic nitrogens is 4. The molecule has 1 aliphatic carbocycles. The summed E-state index contributed by atoms with van der Waals surface area (Å²) in [4.78, 5) is 12.2. The molecule has 3 heterocycles. The molecule has 38 heavy (non-hydrogen) atoms. The number of halogens is 2. The van der Waals surface area contributed by atoms with Crippen molar-refractivity contribution < 1.29 is 9.84 Å². The van der Waals surface area contributed by atoms with Crippen LogP contribution in [0.2, 0.25) is 10.2 Å². The molecule has 5 rings (SSSR count). The number of likely N-dealkylation sites (N-methyl/N-ethyl adjacent to an activating group) is 1. The summed E-state index contributed by atoms with van der Waals surface area (Å²) in [5, 5.41) is 27.5. The first kappa shape index (κ1) is 26.7. The Balaban J connectivity index is 1.55. The molecular weight excluding hydrogens is 525 g/mol. The van der Waals surface area contributed by atoms with Crippen molar-refractivity contribution in [2.45, 2.75) is 32.8 Å². The average molecular weight is 556 g/mol. The van der Waals surface area contributed by atoms with Gasteiger partial charge < -0.3 is 20.1 Å². The molecule has 2 aromatic heterocycles. The molecule has 1 aliphatic heterocycles. The monoisotopic (exact) mass is 555 g/mol. The van der Waals surface area contributed by atoms with Gasteiger partial charge in [-0.25, -0.2) is 9.97 Å². The molecule has 11 heteroatoms. The number of benzene rings is 1. The molecule has 2 N–H and O–H groups in total. The highest BCUT2D eigenvalue weighted by Crippen LogP contribution is 2.53. The highest BCUT2D eigenvalue weighted by Gasteiger charge is 2.53. The predicted molar refractivity (Wildman–Crippen MR) is 148 cm³/mol. The fraction of sp³-hybridized carbons (Fsp3) is 0.481. The van der Waals surface area contributed by atoms with Crippen LogP contribution in [0.4, 0.5) is 5.82 Å². The number of anilines is 1. The number of nitrogens with zero attached hydrogens (tertiary/aromatic N) is 6. The van der Waals surface area contributed by atoms with Crippen LogP contribution in [0.3, 0.4) is 0 Å². The number of ether oxygens (including phenoxy) is 1. The van der Waals surface area contributed by atoms with Gasteiger partial charge in [0, 0.05) is 54.7 Å². The molecule has 1 saturated heterocycles. The lowest BCUT2D eigenvalue weighted by atomic mass is 9.58. The lowest BCUT2D eigenvalue weighted by Gasteiger charge is -2.58. The van der Waals surface area contributed by atoms with Gasteiger partial charge in [0.05, 0.1) is 22.5 Å². The van der Waals surface area contributed by atoms with E-state index in [4.69, 9.17) is 37.9 Å². The van der Waals surface area contributed by atoms with Crippen LogP contribution in [0.1, 0.15) is 24.0 Å². The Labute approximate surface area is 232 Å². The number of aliphatic hydroxyl groups is 1. The van der Waals surface area contributed by atoms with E-state index in [1.165, 1.54) is 0 Å². The summed E-state index contributed by atoms with van der Waals surface area (Å²) in [6.07, 6.45) is 1.23. The quantitative estimate of drug-likeness (QED) is 0.426. The molecule has 200 valence electrons. The Kier molecular flexibility index (Phi) is 7.27. The molecule has 2 fully saturated rings. The van der Waals surface area contributed by atoms with E-state index >= 15 is 0 Å². The molecule has 0 bridgehead atoms. The minimum Gasteiger partial charge on any atom is -0.491 e. The van der Waals surface area contributed by atoms with E-state index in [2.05, 4.69) is 21.4 Å². The maximum Gasteiger partial charge on any atom is 0.163 e. The first-order chi connectivity index (χ1) is 18.1. The van der Waals surface area contributed by atoms with Crippen molar-refractivity contribution in [2.24, 2.45) is 18.4 Å². The molecule has 0 amide bonds. The third-order valence-electron chi connectivity index (χ3n) is 7.52. The van der Waals surface area contributed by atoms with Crippen molar-refractivity contribution in [2.75, 3.05) is 38.2 Å². The zero-order chi connectivity index (χ0) is 27.2. The summed E-state index contributed by atoms with van der Waals surface area (Å²) in [5.41, 5.74) is 4.15. The highest BCUT2D eigenvalue weighted by molar-refractivity contribution is 6.33. The van der Waals surface area contributed by atoms with Gasteiger partial charge >= 0.3 is 0 Å². The molecule has 2 aliphatic rings. The van der Waals surface area contributed by atoms with Crippen LogP contribution in [0.25, 0.3) is 22.8 Å². The normalized spacial score (nSPS) is 17.2. The van der Waals surface area contributed by atoms with Crippen molar-refractivity contribution in [1.29, 1.82) is 5.26 Å². The number of nitrogens with one attached hydrogen (secondary N) is 1. The van der Waals surface area contributed by atoms with Crippen molar-refractivity contribution >= 4 is 29.0 Å². The molecule has 0 unspecified atom stereocenters. The predicted octanol–water partition coefficient (Wildman–Crippen LogP) is 4.17. The number of aryl methyl sites for hydroxylation is 1. The molecule has 3 aromatic rings. The van der Waals surface area contributed by atoms with Gasteiger partial charge in [0.1, 0.15) is 24.3 Å². The first-order valence-electron chi connectivity index (χ1n) is 12.6. The molecule has 0 radical (unpaired) electrons. The summed E-state index contributed by atoms with van der Waals surface area (Å²) in [6.45, 7) is 6.22. The van der Waals surface area contributed by atoms with Crippen molar-refractivity contribution in [3.8, 4) is 34.6 Å². The SMILES string of the molecule is CNC[C@@H](O)COc1ccc(Cl)c(-c2nc(-c3c(C)c(Cl)nn3C)c(C)c(N3CC4(CC(C#N)C4)C3)n2)c1. The van der Waals surface area contributed by atoms with Gasteiger partial charge in [-0.3, -0.25) is 4.68 Å². The standard InChI is InChI=1S/C27H31Cl2N7O2/c1-15-22(23-16(2)24(29)34-35(23)4)32-25(33-26(15)36-13-27(14-36)8-17(9-27)10-30)20-7-19(5-6-21(20)28)38-12-18(37)11-31-3/h5-7,17-18,31,37H,8-9,11-14H2,1-4H3/t18-/m1/s1. The summed E-state index contributed by atoms with van der Waals surface area (Å²) >= 11 is 13.0. The summed E-state index contributed by atoms with van der Waals surface area (Å²) in [7, 11) is 3.62. The average Bonchev–Trinajstić information content (AvgIpc) is 3.09. The lowest BCUT2D eigenvalue weighted by Crippen LogP contribution is -2.62. The molecule has 1 spiro atoms. The topological polar surface area (TPSA) is 112 Å². The Morgan fingerprint density at radius 2 is 1.97 bits per heavy atom. The van der Waals surface area contributed by atoms with Crippen molar-refractivity contribution in [3.05, 3.63) is 39.5 Å². The van der Waals surface area contributed by atoms with Crippen LogP contribution in [0.15, 0.2) is 18.2 Å². The summed E-state index contributed by atoms with van der Waals surface area (Å²) < 4.78 is 7.57. The Hall–Kier alpha value is -2.90. The number of nitriles is 1. The molecule has 9 nitrogen and oxygen atoms in total. The Bertz CT molecular complexity index is 1400. The molecular formula is C27H31Cl2N7O2. The number of rotatable bonds is 8. The van der Waals surface area contributed by atoms with Gasteiger partial charge in [0.2, 0.25) is 0 Å². The van der Waals surface area contributed by atoms with E-state index in [9.17, 15) is 10.4 Å². The minimum atomic E-state index is -0.642. The molecule has 1 atom stereocenters. The molecule has 1 aromatic carbocycles. The van der Waals surface area contributed by atoms with Gasteiger partial charge in [-0.1, -0.05) is 23.2 Å². The lowest BCUT2D eigenvalue weighted by molar-refractivity contribution is 0.0511. The van der Waals surface area contributed by atoms with Crippen LogP contribution in [-0.4, -0.2) is 64.2 Å². The zero-order valence-electron chi connectivity index (χ0n) is 21.9. The van der Waals surface area contributed by atoms with Gasteiger partial charge in [-0.05, 0) is 51.9 Å². The van der Waals surface area contributed by atoms with E-state index in [-0.39, 0.29) is 17.9 Å². The third-order valence-corrected chi connectivity index (χ3v) is 8.21. The second-order valence-corrected chi connectivity index (χ2v) is 11.3. The Morgan fingerprint density at radius 1 is 1.24 bits per heavy atom. The fourth-order valence-corrected chi connectivity index (χ4v) is 6.00. The second kappa shape index (κ2) is 10.3. The van der Waals surface area contributed by atoms with Gasteiger partial charge in [0.25, 0.3) is 0 Å². The maximum absolute atomic E-state index is 10.0. The smallest absolute Gasteiger partial charge is 0.163 e. The van der Waals surface area contributed by atoms with Crippen LogP contribution in [-0.2, 0) is 7.05 Å². The second-order valence-electron chi connectivity index (χ2n) is 10.5. The zero-order valence-corrected chi connectivity index (χ0v) is 23.4. The molecule has 1 saturated carbocycles. The van der Waals surface area contributed by atoms with Gasteiger partial charge in [0.15, 0.2) is 11.0 Å². The van der Waals surface area contributed by atoms with Gasteiger partial charge in [-0.15, -0.1) is 0 Å². The van der Waals surface area contributed by atoms with E-state index in [1.807, 2.05) is 20.9 Å². The van der Waals surface area contributed by atoms with Gasteiger partial charge in [-0.2, -0.15) is 10.4 Å². The van der Waals surface area contributed by atoms with Crippen molar-refractivity contribution in [1.82, 2.24) is 25.1 Å². The largest absolute Gasteiger partial charge is 0.491 e. The van der Waals surface area contributed by atoms with E-state index in [0.29, 0.717) is 33.9 Å². The number of aliphatic hydroxyl groups excluding tert-OH is 1. The van der Waals surface area contributed by atoms with E-state index in [1.54, 1.807) is 29.9 Å². The first-order valence-corrected chi connectivity index (χ1v) is 13.4. The van der Waals surface area contributed by atoms with Crippen LogP contribution >= 0.6 is 23.2 Å². The fourth-order valence-electron chi connectivity index (χ4n) is 5.59. The van der Waals surface area contributed by atoms with E-state index in [0.717, 1.165) is 54.3 Å². The summed E-state index contributed by atoms with van der Waals surface area (Å²) in [6, 6.07) is 7.71. The Morgan fingerprint density at radius 3 is 2.61 bits per heavy atom. The van der Waals surface area contributed by atoms with Crippen molar-refractivity contribution in [3.63, 3.8) is 0 Å². The van der Waals surface area contributed by atoms with Crippen LogP contribution in [0.5, 0.6) is 5.75 Å². The third kappa shape index (κ3) is 4.82. The highest BCUT2D eigenvalue weighted by atomic mass is 35.5. The maximum atomic E-state index is 10.0. The number of hydrogen-bond acceptors (Lipinski definition) is 8. The summed E-state index contributed by atoms with van der Waals surface area (Å²) in [5.74, 6) is 2.02. The number of hydrogen-bond donors (Lipinski definition) is 2. The van der Waals surface area contributed by atoms with Crippen LogP contribution < -0.4 is 15.0 Å².